The van der Waals surface area contributed by atoms with Crippen molar-refractivity contribution in [2.24, 2.45) is 0 Å². The molecule has 0 saturated heterocycles. The van der Waals surface area contributed by atoms with Crippen molar-refractivity contribution in [2.75, 3.05) is 10.0 Å². The molecule has 0 fully saturated rings. The summed E-state index contributed by atoms with van der Waals surface area (Å²) < 4.78 is 27.9. The molecule has 2 aromatic heterocycles. The van der Waals surface area contributed by atoms with E-state index in [1.54, 1.807) is 39.0 Å². The molecule has 38 heavy (non-hydrogen) atoms. The second kappa shape index (κ2) is 11.4. The van der Waals surface area contributed by atoms with Gasteiger partial charge in [-0.25, -0.2) is 28.1 Å². The van der Waals surface area contributed by atoms with Gasteiger partial charge in [0.05, 0.1) is 21.4 Å². The lowest BCUT2D eigenvalue weighted by molar-refractivity contribution is -0.115. The zero-order valence-electron chi connectivity index (χ0n) is 20.8. The fraction of sp³-hybridized carbons (Fsp3) is 0.148. The van der Waals surface area contributed by atoms with Gasteiger partial charge in [-0.3, -0.25) is 4.79 Å². The minimum atomic E-state index is -3.91. The monoisotopic (exact) mass is 544 g/mol. The molecule has 192 valence electrons. The van der Waals surface area contributed by atoms with E-state index in [1.165, 1.54) is 36.0 Å². The molecular formula is C27H24N6O3S2. The maximum absolute atomic E-state index is 12.9. The van der Waals surface area contributed by atoms with Gasteiger partial charge >= 0.3 is 0 Å². The van der Waals surface area contributed by atoms with Gasteiger partial charge in [0.25, 0.3) is 10.0 Å². The first-order valence-corrected chi connectivity index (χ1v) is 13.9. The number of hydrogen-bond donors (Lipinski definition) is 2. The highest BCUT2D eigenvalue weighted by Crippen LogP contribution is 2.29. The molecule has 2 heterocycles. The van der Waals surface area contributed by atoms with Gasteiger partial charge in [0.2, 0.25) is 11.9 Å². The minimum absolute atomic E-state index is 0.00118. The van der Waals surface area contributed by atoms with Crippen molar-refractivity contribution in [1.29, 1.82) is 5.26 Å². The number of nitriles is 1. The number of sulfonamides is 1. The Morgan fingerprint density at radius 2 is 1.61 bits per heavy atom. The number of rotatable bonds is 8. The zero-order valence-corrected chi connectivity index (χ0v) is 22.5. The van der Waals surface area contributed by atoms with Gasteiger partial charge < -0.3 is 5.32 Å². The minimum Gasteiger partial charge on any atom is -0.325 e. The summed E-state index contributed by atoms with van der Waals surface area (Å²) in [6.07, 6.45) is 0. The summed E-state index contributed by atoms with van der Waals surface area (Å²) in [6, 6.07) is 22.7. The Labute approximate surface area is 225 Å². The second-order valence-electron chi connectivity index (χ2n) is 8.38. The van der Waals surface area contributed by atoms with E-state index in [2.05, 4.69) is 31.1 Å². The van der Waals surface area contributed by atoms with Crippen LogP contribution >= 0.6 is 11.8 Å². The van der Waals surface area contributed by atoms with Crippen molar-refractivity contribution in [3.05, 3.63) is 89.7 Å². The highest BCUT2D eigenvalue weighted by atomic mass is 32.2. The summed E-state index contributed by atoms with van der Waals surface area (Å²) in [5.74, 6) is -0.324. The van der Waals surface area contributed by atoms with Gasteiger partial charge in [-0.2, -0.15) is 5.26 Å². The van der Waals surface area contributed by atoms with Crippen molar-refractivity contribution in [3.63, 3.8) is 0 Å². The molecule has 0 bridgehead atoms. The van der Waals surface area contributed by atoms with Gasteiger partial charge in [0.15, 0.2) is 0 Å². The lowest BCUT2D eigenvalue weighted by atomic mass is 10.1. The van der Waals surface area contributed by atoms with Crippen molar-refractivity contribution < 1.29 is 13.2 Å². The first-order chi connectivity index (χ1) is 18.1. The number of hydrogen-bond acceptors (Lipinski definition) is 8. The summed E-state index contributed by atoms with van der Waals surface area (Å²) >= 11 is 1.18. The van der Waals surface area contributed by atoms with Crippen LogP contribution in [-0.2, 0) is 14.8 Å². The molecule has 0 saturated carbocycles. The molecule has 0 aliphatic carbocycles. The van der Waals surface area contributed by atoms with Crippen molar-refractivity contribution in [1.82, 2.24) is 15.0 Å². The summed E-state index contributed by atoms with van der Waals surface area (Å²) in [5.41, 5.74) is 3.70. The van der Waals surface area contributed by atoms with Gasteiger partial charge in [-0.05, 0) is 63.2 Å². The molecular weight excluding hydrogens is 520 g/mol. The van der Waals surface area contributed by atoms with E-state index in [-0.39, 0.29) is 16.8 Å². The number of amides is 1. The number of carbonyl (C=O) groups is 1. The quantitative estimate of drug-likeness (QED) is 0.297. The molecule has 0 radical (unpaired) electrons. The molecule has 4 aromatic rings. The van der Waals surface area contributed by atoms with Crippen molar-refractivity contribution in [2.45, 2.75) is 35.9 Å². The molecule has 0 aliphatic rings. The fourth-order valence-electron chi connectivity index (χ4n) is 3.52. The third-order valence-electron chi connectivity index (χ3n) is 5.35. The van der Waals surface area contributed by atoms with Crippen LogP contribution in [0.15, 0.2) is 82.7 Å². The molecule has 9 nitrogen and oxygen atoms in total. The molecule has 1 amide bonds. The summed E-state index contributed by atoms with van der Waals surface area (Å²) in [7, 11) is -3.91. The van der Waals surface area contributed by atoms with E-state index in [0.717, 1.165) is 5.56 Å². The van der Waals surface area contributed by atoms with Crippen LogP contribution in [0.2, 0.25) is 0 Å². The predicted molar refractivity (Wildman–Crippen MR) is 147 cm³/mol. The second-order valence-corrected chi connectivity index (χ2v) is 11.4. The number of aromatic nitrogens is 3. The Morgan fingerprint density at radius 1 is 0.947 bits per heavy atom. The number of carbonyl (C=O) groups excluding carboxylic acids is 1. The van der Waals surface area contributed by atoms with Crippen LogP contribution in [0.3, 0.4) is 0 Å². The van der Waals surface area contributed by atoms with E-state index in [9.17, 15) is 18.5 Å². The van der Waals surface area contributed by atoms with Gasteiger partial charge in [-0.1, -0.05) is 42.1 Å². The lowest BCUT2D eigenvalue weighted by Gasteiger charge is -2.14. The maximum atomic E-state index is 12.9. The van der Waals surface area contributed by atoms with E-state index < -0.39 is 15.3 Å². The van der Waals surface area contributed by atoms with Crippen molar-refractivity contribution >= 4 is 39.3 Å². The zero-order chi connectivity index (χ0) is 27.3. The standard InChI is InChI=1S/C27H24N6O3S2/c1-17-15-18(2)30-27(29-17)33-38(35,36)23-12-10-22(11-13-23)31-25(34)19(3)37-26-21(16-28)9-14-24(32-26)20-7-5-4-6-8-20/h4-15,19H,1-3H3,(H,31,34)(H,29,30,33). The van der Waals surface area contributed by atoms with Crippen LogP contribution in [0.5, 0.6) is 0 Å². The van der Waals surface area contributed by atoms with Gasteiger partial charge in [0, 0.05) is 22.6 Å². The molecule has 11 heteroatoms. The molecule has 0 spiro atoms. The number of anilines is 2. The summed E-state index contributed by atoms with van der Waals surface area (Å²) in [5, 5.41) is 12.2. The molecule has 0 aliphatic heterocycles. The van der Waals surface area contributed by atoms with E-state index in [0.29, 0.717) is 33.4 Å². The Balaban J connectivity index is 1.44. The van der Waals surface area contributed by atoms with Crippen LogP contribution in [0.4, 0.5) is 11.6 Å². The lowest BCUT2D eigenvalue weighted by Crippen LogP contribution is -2.22. The fourth-order valence-corrected chi connectivity index (χ4v) is 5.35. The van der Waals surface area contributed by atoms with Crippen LogP contribution in [0.1, 0.15) is 23.9 Å². The Morgan fingerprint density at radius 3 is 2.24 bits per heavy atom. The normalized spacial score (nSPS) is 11.8. The number of nitrogens with zero attached hydrogens (tertiary/aromatic N) is 4. The number of thioether (sulfide) groups is 1. The van der Waals surface area contributed by atoms with Crippen LogP contribution in [-0.4, -0.2) is 34.5 Å². The predicted octanol–water partition coefficient (Wildman–Crippen LogP) is 4.95. The molecule has 2 aromatic carbocycles. The highest BCUT2D eigenvalue weighted by molar-refractivity contribution is 8.00. The van der Waals surface area contributed by atoms with E-state index in [4.69, 9.17) is 0 Å². The summed E-state index contributed by atoms with van der Waals surface area (Å²) in [4.78, 5) is 25.7. The van der Waals surface area contributed by atoms with Crippen LogP contribution < -0.4 is 10.0 Å². The first-order valence-electron chi connectivity index (χ1n) is 11.5. The van der Waals surface area contributed by atoms with Crippen molar-refractivity contribution in [3.8, 4) is 17.3 Å². The molecule has 1 atom stereocenters. The molecule has 4 rings (SSSR count). The third-order valence-corrected chi connectivity index (χ3v) is 7.79. The van der Waals surface area contributed by atoms with Crippen LogP contribution in [0, 0.1) is 25.2 Å². The SMILES string of the molecule is Cc1cc(C)nc(NS(=O)(=O)c2ccc(NC(=O)C(C)Sc3nc(-c4ccccc4)ccc3C#N)cc2)n1. The van der Waals surface area contributed by atoms with Gasteiger partial charge in [0.1, 0.15) is 11.1 Å². The number of nitrogens with one attached hydrogen (secondary N) is 2. The average molecular weight is 545 g/mol. The average Bonchev–Trinajstić information content (AvgIpc) is 2.88. The Kier molecular flexibility index (Phi) is 8.05. The smallest absolute Gasteiger partial charge is 0.264 e. The molecule has 2 N–H and O–H groups in total. The highest BCUT2D eigenvalue weighted by Gasteiger charge is 2.20. The summed E-state index contributed by atoms with van der Waals surface area (Å²) in [6.45, 7) is 5.21. The number of benzene rings is 2. The van der Waals surface area contributed by atoms with E-state index in [1.807, 2.05) is 30.3 Å². The Hall–Kier alpha value is -4.27. The largest absolute Gasteiger partial charge is 0.325 e. The number of pyridine rings is 1. The topological polar surface area (TPSA) is 138 Å². The first kappa shape index (κ1) is 26.8. The van der Waals surface area contributed by atoms with Crippen LogP contribution in [0.25, 0.3) is 11.3 Å². The Bertz CT molecular complexity index is 1600. The molecule has 1 unspecified atom stereocenters. The third kappa shape index (κ3) is 6.53. The number of aryl methyl sites for hydroxylation is 2. The van der Waals surface area contributed by atoms with E-state index >= 15 is 0 Å². The van der Waals surface area contributed by atoms with Gasteiger partial charge in [-0.15, -0.1) is 0 Å². The maximum Gasteiger partial charge on any atom is 0.264 e.